The number of ether oxygens (including phenoxy) is 1. The van der Waals surface area contributed by atoms with Crippen LogP contribution in [0, 0.1) is 11.3 Å². The third kappa shape index (κ3) is 2.78. The van der Waals surface area contributed by atoms with Gasteiger partial charge in [0, 0.05) is 24.4 Å². The number of thiophene rings is 1. The van der Waals surface area contributed by atoms with Gasteiger partial charge in [0.2, 0.25) is 5.88 Å². The fourth-order valence-electron chi connectivity index (χ4n) is 2.27. The van der Waals surface area contributed by atoms with E-state index in [0.717, 1.165) is 29.0 Å². The van der Waals surface area contributed by atoms with E-state index in [2.05, 4.69) is 16.4 Å². The molecular weight excluding hydrogens is 284 g/mol. The molecule has 0 saturated heterocycles. The van der Waals surface area contributed by atoms with E-state index < -0.39 is 0 Å². The summed E-state index contributed by atoms with van der Waals surface area (Å²) in [6.07, 6.45) is 4.10. The highest BCUT2D eigenvalue weighted by atomic mass is 32.1. The van der Waals surface area contributed by atoms with E-state index in [-0.39, 0.29) is 0 Å². The van der Waals surface area contributed by atoms with E-state index in [9.17, 15) is 0 Å². The first-order valence-corrected chi connectivity index (χ1v) is 7.59. The van der Waals surface area contributed by atoms with E-state index in [1.54, 1.807) is 13.3 Å². The maximum atomic E-state index is 9.13. The number of nitrogens with one attached hydrogen (secondary N) is 1. The Morgan fingerprint density at radius 2 is 2.33 bits per heavy atom. The number of pyridine rings is 1. The highest BCUT2D eigenvalue weighted by Crippen LogP contribution is 2.50. The van der Waals surface area contributed by atoms with Crippen molar-refractivity contribution in [2.24, 2.45) is 0 Å². The van der Waals surface area contributed by atoms with Gasteiger partial charge in [0.15, 0.2) is 0 Å². The van der Waals surface area contributed by atoms with E-state index in [1.165, 1.54) is 11.3 Å². The highest BCUT2D eigenvalue weighted by Gasteiger charge is 2.31. The molecule has 108 valence electrons. The Labute approximate surface area is 127 Å². The number of nitrogen functional groups attached to an aromatic ring is 1. The Hall–Kier alpha value is -2.26. The van der Waals surface area contributed by atoms with Crippen molar-refractivity contribution in [3.05, 3.63) is 34.3 Å². The second kappa shape index (κ2) is 5.62. The largest absolute Gasteiger partial charge is 0.481 e. The fourth-order valence-corrected chi connectivity index (χ4v) is 3.27. The monoisotopic (exact) mass is 300 g/mol. The van der Waals surface area contributed by atoms with Crippen LogP contribution in [0.25, 0.3) is 0 Å². The van der Waals surface area contributed by atoms with Gasteiger partial charge in [0.25, 0.3) is 0 Å². The molecule has 0 amide bonds. The van der Waals surface area contributed by atoms with Crippen molar-refractivity contribution in [1.82, 2.24) is 4.98 Å². The standard InChI is InChI=1S/C15H16N4OS/c1-20-12-5-2-9(7-18-12)8-19-15-13(10-3-4-10)14(17)11(6-16)21-15/h2,5,7,10,19H,3-4,8,17H2,1H3. The molecule has 0 atom stereocenters. The van der Waals surface area contributed by atoms with E-state index in [0.29, 0.717) is 28.9 Å². The number of nitrogens with two attached hydrogens (primary N) is 1. The number of rotatable bonds is 5. The Morgan fingerprint density at radius 3 is 2.90 bits per heavy atom. The molecule has 1 fully saturated rings. The summed E-state index contributed by atoms with van der Waals surface area (Å²) in [6.45, 7) is 0.654. The molecule has 0 aromatic carbocycles. The molecule has 1 aliphatic rings. The molecule has 0 unspecified atom stereocenters. The van der Waals surface area contributed by atoms with E-state index in [4.69, 9.17) is 15.7 Å². The predicted octanol–water partition coefficient (Wildman–Crippen LogP) is 3.10. The zero-order chi connectivity index (χ0) is 14.8. The summed E-state index contributed by atoms with van der Waals surface area (Å²) in [4.78, 5) is 4.79. The first-order chi connectivity index (χ1) is 10.2. The van der Waals surface area contributed by atoms with Gasteiger partial charge in [-0.25, -0.2) is 4.98 Å². The molecule has 2 aromatic heterocycles. The van der Waals surface area contributed by atoms with Crippen LogP contribution in [-0.2, 0) is 6.54 Å². The Bertz CT molecular complexity index is 683. The van der Waals surface area contributed by atoms with Crippen molar-refractivity contribution in [2.75, 3.05) is 18.2 Å². The quantitative estimate of drug-likeness (QED) is 0.886. The lowest BCUT2D eigenvalue weighted by atomic mass is 10.1. The predicted molar refractivity (Wildman–Crippen MR) is 83.5 cm³/mol. The van der Waals surface area contributed by atoms with Crippen LogP contribution in [0.1, 0.15) is 34.8 Å². The zero-order valence-corrected chi connectivity index (χ0v) is 12.5. The third-order valence-electron chi connectivity index (χ3n) is 3.53. The Balaban J connectivity index is 1.76. The minimum absolute atomic E-state index is 0.514. The SMILES string of the molecule is COc1ccc(CNc2sc(C#N)c(N)c2C2CC2)cn1. The number of anilines is 2. The van der Waals surface area contributed by atoms with Crippen molar-refractivity contribution in [3.8, 4) is 11.9 Å². The first-order valence-electron chi connectivity index (χ1n) is 6.78. The minimum Gasteiger partial charge on any atom is -0.481 e. The van der Waals surface area contributed by atoms with Gasteiger partial charge in [-0.3, -0.25) is 0 Å². The van der Waals surface area contributed by atoms with Crippen molar-refractivity contribution >= 4 is 22.0 Å². The maximum absolute atomic E-state index is 9.13. The Morgan fingerprint density at radius 1 is 1.52 bits per heavy atom. The smallest absolute Gasteiger partial charge is 0.212 e. The van der Waals surface area contributed by atoms with Gasteiger partial charge < -0.3 is 15.8 Å². The van der Waals surface area contributed by atoms with Crippen LogP contribution >= 0.6 is 11.3 Å². The first kappa shape index (κ1) is 13.7. The summed E-state index contributed by atoms with van der Waals surface area (Å²) in [6, 6.07) is 5.98. The second-order valence-corrected chi connectivity index (χ2v) is 6.06. The second-order valence-electron chi connectivity index (χ2n) is 5.04. The van der Waals surface area contributed by atoms with Gasteiger partial charge in [-0.1, -0.05) is 6.07 Å². The lowest BCUT2D eigenvalue weighted by Gasteiger charge is -2.07. The average molecular weight is 300 g/mol. The van der Waals surface area contributed by atoms with Crippen molar-refractivity contribution < 1.29 is 4.74 Å². The minimum atomic E-state index is 0.514. The lowest BCUT2D eigenvalue weighted by Crippen LogP contribution is -2.01. The number of aromatic nitrogens is 1. The van der Waals surface area contributed by atoms with Crippen molar-refractivity contribution in [1.29, 1.82) is 5.26 Å². The van der Waals surface area contributed by atoms with Gasteiger partial charge in [-0.2, -0.15) is 5.26 Å². The highest BCUT2D eigenvalue weighted by molar-refractivity contribution is 7.17. The van der Waals surface area contributed by atoms with Gasteiger partial charge in [-0.15, -0.1) is 11.3 Å². The summed E-state index contributed by atoms with van der Waals surface area (Å²) in [5.41, 5.74) is 8.92. The molecule has 5 nitrogen and oxygen atoms in total. The molecule has 0 radical (unpaired) electrons. The van der Waals surface area contributed by atoms with Gasteiger partial charge in [0.1, 0.15) is 10.9 Å². The summed E-state index contributed by atoms with van der Waals surface area (Å²) in [7, 11) is 1.60. The molecular formula is C15H16N4OS. The third-order valence-corrected chi connectivity index (χ3v) is 4.61. The number of hydrogen-bond acceptors (Lipinski definition) is 6. The topological polar surface area (TPSA) is 84.0 Å². The normalized spacial score (nSPS) is 13.7. The molecule has 1 saturated carbocycles. The van der Waals surface area contributed by atoms with Crippen LogP contribution in [0.5, 0.6) is 5.88 Å². The van der Waals surface area contributed by atoms with Crippen LogP contribution in [0.15, 0.2) is 18.3 Å². The number of methoxy groups -OCH3 is 1. The van der Waals surface area contributed by atoms with E-state index in [1.807, 2.05) is 12.1 Å². The van der Waals surface area contributed by atoms with Crippen molar-refractivity contribution in [2.45, 2.75) is 25.3 Å². The molecule has 3 rings (SSSR count). The fraction of sp³-hybridized carbons (Fsp3) is 0.333. The number of hydrogen-bond donors (Lipinski definition) is 2. The van der Waals surface area contributed by atoms with Crippen LogP contribution in [0.2, 0.25) is 0 Å². The molecule has 2 aromatic rings. The molecule has 21 heavy (non-hydrogen) atoms. The summed E-state index contributed by atoms with van der Waals surface area (Å²) < 4.78 is 5.04. The van der Waals surface area contributed by atoms with Crippen LogP contribution < -0.4 is 15.8 Å². The average Bonchev–Trinajstić information content (AvgIpc) is 3.30. The summed E-state index contributed by atoms with van der Waals surface area (Å²) >= 11 is 1.44. The van der Waals surface area contributed by atoms with Crippen molar-refractivity contribution in [3.63, 3.8) is 0 Å². The molecule has 0 bridgehead atoms. The summed E-state index contributed by atoms with van der Waals surface area (Å²) in [5, 5.41) is 13.5. The lowest BCUT2D eigenvalue weighted by molar-refractivity contribution is 0.397. The number of nitriles is 1. The van der Waals surface area contributed by atoms with Gasteiger partial charge in [-0.05, 0) is 24.3 Å². The zero-order valence-electron chi connectivity index (χ0n) is 11.7. The number of nitrogens with zero attached hydrogens (tertiary/aromatic N) is 2. The van der Waals surface area contributed by atoms with Gasteiger partial charge >= 0.3 is 0 Å². The van der Waals surface area contributed by atoms with Crippen LogP contribution in [0.3, 0.4) is 0 Å². The van der Waals surface area contributed by atoms with Crippen LogP contribution in [-0.4, -0.2) is 12.1 Å². The van der Waals surface area contributed by atoms with E-state index >= 15 is 0 Å². The molecule has 3 N–H and O–H groups in total. The molecule has 6 heteroatoms. The molecule has 2 heterocycles. The Kier molecular flexibility index (Phi) is 3.67. The van der Waals surface area contributed by atoms with Crippen LogP contribution in [0.4, 0.5) is 10.7 Å². The summed E-state index contributed by atoms with van der Waals surface area (Å²) in [5.74, 6) is 1.12. The van der Waals surface area contributed by atoms with Gasteiger partial charge in [0.05, 0.1) is 17.8 Å². The molecule has 0 spiro atoms. The maximum Gasteiger partial charge on any atom is 0.212 e. The molecule has 1 aliphatic carbocycles. The molecule has 0 aliphatic heterocycles.